The zero-order valence-corrected chi connectivity index (χ0v) is 12.8. The van der Waals surface area contributed by atoms with E-state index in [1.54, 1.807) is 18.2 Å². The molecule has 0 fully saturated rings. The minimum atomic E-state index is -0.388. The van der Waals surface area contributed by atoms with Gasteiger partial charge in [-0.2, -0.15) is 0 Å². The number of carbonyl (C=O) groups excluding carboxylic acids is 1. The lowest BCUT2D eigenvalue weighted by atomic mass is 9.94. The van der Waals surface area contributed by atoms with E-state index in [9.17, 15) is 9.18 Å². The largest absolute Gasteiger partial charge is 0.491 e. The Bertz CT molecular complexity index is 448. The molecule has 0 unspecified atom stereocenters. The first-order valence-electron chi connectivity index (χ1n) is 7.43. The zero-order chi connectivity index (χ0) is 15.7. The lowest BCUT2D eigenvalue weighted by molar-refractivity contribution is -0.121. The van der Waals surface area contributed by atoms with Gasteiger partial charge in [-0.15, -0.1) is 0 Å². The van der Waals surface area contributed by atoms with Crippen molar-refractivity contribution < 1.29 is 13.9 Å². The summed E-state index contributed by atoms with van der Waals surface area (Å²) in [5.41, 5.74) is 5.78. The number of nitrogens with two attached hydrogens (primary N) is 1. The van der Waals surface area contributed by atoms with Crippen LogP contribution >= 0.6 is 0 Å². The number of rotatable bonds is 9. The Hall–Kier alpha value is -1.62. The summed E-state index contributed by atoms with van der Waals surface area (Å²) in [6.07, 6.45) is 2.52. The van der Waals surface area contributed by atoms with Crippen LogP contribution in [0.4, 0.5) is 4.39 Å². The molecule has 5 heteroatoms. The van der Waals surface area contributed by atoms with E-state index in [1.165, 1.54) is 6.07 Å². The van der Waals surface area contributed by atoms with Crippen molar-refractivity contribution in [3.05, 3.63) is 30.1 Å². The first kappa shape index (κ1) is 17.4. The normalized spacial score (nSPS) is 11.2. The van der Waals surface area contributed by atoms with Gasteiger partial charge < -0.3 is 15.8 Å². The number of benzene rings is 1. The topological polar surface area (TPSA) is 64.3 Å². The van der Waals surface area contributed by atoms with Gasteiger partial charge in [0.15, 0.2) is 11.6 Å². The predicted octanol–water partition coefficient (Wildman–Crippen LogP) is 2.62. The highest BCUT2D eigenvalue weighted by Crippen LogP contribution is 2.15. The number of carbonyl (C=O) groups is 1. The Morgan fingerprint density at radius 1 is 1.33 bits per heavy atom. The van der Waals surface area contributed by atoms with Crippen molar-refractivity contribution in [1.29, 1.82) is 0 Å². The molecule has 1 aromatic rings. The molecule has 4 nitrogen and oxygen atoms in total. The van der Waals surface area contributed by atoms with E-state index in [2.05, 4.69) is 5.32 Å². The molecule has 1 aromatic carbocycles. The maximum atomic E-state index is 13.3. The highest BCUT2D eigenvalue weighted by atomic mass is 19.1. The molecule has 0 saturated carbocycles. The molecule has 0 heterocycles. The molecule has 0 aliphatic heterocycles. The second kappa shape index (κ2) is 8.62. The predicted molar refractivity (Wildman–Crippen MR) is 81.6 cm³/mol. The molecule has 0 aliphatic rings. The average molecular weight is 296 g/mol. The molecule has 21 heavy (non-hydrogen) atoms. The molecular weight excluding hydrogens is 271 g/mol. The second-order valence-electron chi connectivity index (χ2n) is 5.23. The van der Waals surface area contributed by atoms with Crippen molar-refractivity contribution in [3.63, 3.8) is 0 Å². The first-order valence-corrected chi connectivity index (χ1v) is 7.43. The minimum Gasteiger partial charge on any atom is -0.491 e. The first-order chi connectivity index (χ1) is 10.0. The number of nitrogens with one attached hydrogen (secondary N) is 1. The van der Waals surface area contributed by atoms with E-state index in [1.807, 2.05) is 13.8 Å². The second-order valence-corrected chi connectivity index (χ2v) is 5.23. The summed E-state index contributed by atoms with van der Waals surface area (Å²) in [5, 5.41) is 2.84. The van der Waals surface area contributed by atoms with E-state index < -0.39 is 0 Å². The van der Waals surface area contributed by atoms with Crippen LogP contribution in [0.5, 0.6) is 5.75 Å². The van der Waals surface area contributed by atoms with Crippen LogP contribution in [0.1, 0.15) is 39.5 Å². The van der Waals surface area contributed by atoms with E-state index in [4.69, 9.17) is 10.5 Å². The summed E-state index contributed by atoms with van der Waals surface area (Å²) < 4.78 is 18.6. The summed E-state index contributed by atoms with van der Waals surface area (Å²) in [7, 11) is 0. The van der Waals surface area contributed by atoms with Gasteiger partial charge in [0.2, 0.25) is 5.91 Å². The number of amides is 1. The molecule has 1 rings (SSSR count). The summed E-state index contributed by atoms with van der Waals surface area (Å²) >= 11 is 0. The summed E-state index contributed by atoms with van der Waals surface area (Å²) in [6.45, 7) is 4.81. The Labute approximate surface area is 125 Å². The van der Waals surface area contributed by atoms with Crippen molar-refractivity contribution in [1.82, 2.24) is 5.32 Å². The van der Waals surface area contributed by atoms with Gasteiger partial charge in [-0.1, -0.05) is 26.0 Å². The smallest absolute Gasteiger partial charge is 0.220 e. The Kier molecular flexibility index (Phi) is 7.15. The highest BCUT2D eigenvalue weighted by Gasteiger charge is 2.20. The Morgan fingerprint density at radius 3 is 2.62 bits per heavy atom. The molecule has 0 radical (unpaired) electrons. The van der Waals surface area contributed by atoms with Gasteiger partial charge in [-0.3, -0.25) is 4.79 Å². The van der Waals surface area contributed by atoms with Gasteiger partial charge in [0, 0.05) is 18.5 Å². The third kappa shape index (κ3) is 6.12. The van der Waals surface area contributed by atoms with Gasteiger partial charge in [0.05, 0.1) is 6.61 Å². The van der Waals surface area contributed by atoms with Gasteiger partial charge >= 0.3 is 0 Å². The fourth-order valence-corrected chi connectivity index (χ4v) is 1.84. The standard InChI is InChI=1S/C16H25FN2O2/c1-3-16(18,4-2)12-19-15(20)10-7-11-21-14-9-6-5-8-13(14)17/h5-6,8-9H,3-4,7,10-12,18H2,1-2H3,(H,19,20). The van der Waals surface area contributed by atoms with Gasteiger partial charge in [-0.25, -0.2) is 4.39 Å². The van der Waals surface area contributed by atoms with Crippen LogP contribution in [0.25, 0.3) is 0 Å². The monoisotopic (exact) mass is 296 g/mol. The van der Waals surface area contributed by atoms with Crippen LogP contribution in [-0.2, 0) is 4.79 Å². The molecule has 1 amide bonds. The zero-order valence-electron chi connectivity index (χ0n) is 12.8. The van der Waals surface area contributed by atoms with Crippen molar-refractivity contribution in [2.45, 2.75) is 45.1 Å². The SMILES string of the molecule is CCC(N)(CC)CNC(=O)CCCOc1ccccc1F. The molecule has 0 aromatic heterocycles. The molecular formula is C16H25FN2O2. The van der Waals surface area contributed by atoms with Gasteiger partial charge in [0.25, 0.3) is 0 Å². The third-order valence-electron chi connectivity index (χ3n) is 3.69. The summed E-state index contributed by atoms with van der Waals surface area (Å²) in [5.74, 6) is -0.222. The summed E-state index contributed by atoms with van der Waals surface area (Å²) in [6, 6.07) is 6.23. The third-order valence-corrected chi connectivity index (χ3v) is 3.69. The average Bonchev–Trinajstić information content (AvgIpc) is 2.51. The Balaban J connectivity index is 2.21. The van der Waals surface area contributed by atoms with Crippen LogP contribution in [0.3, 0.4) is 0 Å². The quantitative estimate of drug-likeness (QED) is 0.689. The number of hydrogen-bond donors (Lipinski definition) is 2. The number of halogens is 1. The number of ether oxygens (including phenoxy) is 1. The van der Waals surface area contributed by atoms with Crippen LogP contribution in [0.2, 0.25) is 0 Å². The fraction of sp³-hybridized carbons (Fsp3) is 0.562. The highest BCUT2D eigenvalue weighted by molar-refractivity contribution is 5.75. The molecule has 118 valence electrons. The number of para-hydroxylation sites is 1. The van der Waals surface area contributed by atoms with Crippen molar-refractivity contribution in [2.75, 3.05) is 13.2 Å². The number of hydrogen-bond acceptors (Lipinski definition) is 3. The molecule has 0 spiro atoms. The van der Waals surface area contributed by atoms with Crippen LogP contribution < -0.4 is 15.8 Å². The van der Waals surface area contributed by atoms with E-state index >= 15 is 0 Å². The lowest BCUT2D eigenvalue weighted by Gasteiger charge is -2.26. The maximum Gasteiger partial charge on any atom is 0.220 e. The molecule has 0 saturated heterocycles. The Morgan fingerprint density at radius 2 is 2.00 bits per heavy atom. The van der Waals surface area contributed by atoms with Gasteiger partial charge in [-0.05, 0) is 31.4 Å². The molecule has 0 aliphatic carbocycles. The van der Waals surface area contributed by atoms with Crippen LogP contribution in [0.15, 0.2) is 24.3 Å². The van der Waals surface area contributed by atoms with E-state index in [0.29, 0.717) is 26.0 Å². The van der Waals surface area contributed by atoms with Crippen molar-refractivity contribution in [3.8, 4) is 5.75 Å². The maximum absolute atomic E-state index is 13.3. The van der Waals surface area contributed by atoms with Crippen molar-refractivity contribution >= 4 is 5.91 Å². The fourth-order valence-electron chi connectivity index (χ4n) is 1.84. The molecule has 0 bridgehead atoms. The van der Waals surface area contributed by atoms with E-state index in [-0.39, 0.29) is 23.0 Å². The minimum absolute atomic E-state index is 0.0520. The van der Waals surface area contributed by atoms with Crippen LogP contribution in [-0.4, -0.2) is 24.6 Å². The van der Waals surface area contributed by atoms with Crippen molar-refractivity contribution in [2.24, 2.45) is 5.73 Å². The lowest BCUT2D eigenvalue weighted by Crippen LogP contribution is -2.49. The van der Waals surface area contributed by atoms with E-state index in [0.717, 1.165) is 12.8 Å². The van der Waals surface area contributed by atoms with Crippen LogP contribution in [0, 0.1) is 5.82 Å². The van der Waals surface area contributed by atoms with Gasteiger partial charge in [0.1, 0.15) is 0 Å². The molecule has 0 atom stereocenters. The summed E-state index contributed by atoms with van der Waals surface area (Å²) in [4.78, 5) is 11.7. The molecule has 3 N–H and O–H groups in total.